The molecule has 2 aliphatic heterocycles. The third kappa shape index (κ3) is 6.28. The van der Waals surface area contributed by atoms with E-state index in [0.717, 1.165) is 11.4 Å². The molecule has 0 radical (unpaired) electrons. The first-order chi connectivity index (χ1) is 31.3. The van der Waals surface area contributed by atoms with Gasteiger partial charge in [-0.15, -0.1) is 0 Å². The Morgan fingerprint density at radius 2 is 0.683 bits per heavy atom. The van der Waals surface area contributed by atoms with Crippen LogP contribution in [0.25, 0.3) is 55.6 Å². The molecule has 12 rings (SSSR count). The van der Waals surface area contributed by atoms with E-state index < -0.39 is 0 Å². The van der Waals surface area contributed by atoms with Gasteiger partial charge in [-0.05, 0) is 109 Å². The second-order valence-corrected chi connectivity index (χ2v) is 16.4. The van der Waals surface area contributed by atoms with Gasteiger partial charge in [0.05, 0.1) is 5.69 Å². The molecule has 2 aliphatic rings. The van der Waals surface area contributed by atoms with Crippen molar-refractivity contribution in [1.29, 1.82) is 0 Å². The summed E-state index contributed by atoms with van der Waals surface area (Å²) in [5.74, 6) is 0. The average molecular weight is 801 g/mol. The molecule has 0 aromatic heterocycles. The Morgan fingerprint density at radius 3 is 1.32 bits per heavy atom. The van der Waals surface area contributed by atoms with Gasteiger partial charge in [0.15, 0.2) is 0 Å². The van der Waals surface area contributed by atoms with E-state index in [1.54, 1.807) is 0 Å². The smallest absolute Gasteiger partial charge is 0.252 e. The Morgan fingerprint density at radius 1 is 0.238 bits per heavy atom. The van der Waals surface area contributed by atoms with Crippen LogP contribution in [0.2, 0.25) is 0 Å². The quantitative estimate of drug-likeness (QED) is 0.148. The molecule has 3 heteroatoms. The number of hydrogen-bond donors (Lipinski definition) is 0. The number of fused-ring (bicyclic) bond motifs is 4. The Kier molecular flexibility index (Phi) is 8.97. The van der Waals surface area contributed by atoms with Crippen LogP contribution < -0.4 is 26.2 Å². The molecule has 0 fully saturated rings. The lowest BCUT2D eigenvalue weighted by molar-refractivity contribution is 1.25. The van der Waals surface area contributed by atoms with Crippen LogP contribution in [0.5, 0.6) is 0 Å². The number of benzene rings is 10. The van der Waals surface area contributed by atoms with Crippen LogP contribution in [-0.4, -0.2) is 6.71 Å². The molecular formula is C60H41BN2. The highest BCUT2D eigenvalue weighted by Crippen LogP contribution is 2.49. The van der Waals surface area contributed by atoms with Crippen molar-refractivity contribution in [2.24, 2.45) is 0 Å². The summed E-state index contributed by atoms with van der Waals surface area (Å²) in [6, 6.07) is 91.2. The van der Waals surface area contributed by atoms with Crippen molar-refractivity contribution in [2.45, 2.75) is 0 Å². The van der Waals surface area contributed by atoms with E-state index in [4.69, 9.17) is 0 Å². The van der Waals surface area contributed by atoms with Gasteiger partial charge in [-0.3, -0.25) is 0 Å². The normalized spacial score (nSPS) is 12.3. The molecule has 63 heavy (non-hydrogen) atoms. The molecule has 0 bridgehead atoms. The summed E-state index contributed by atoms with van der Waals surface area (Å²) >= 11 is 0. The molecule has 0 aliphatic carbocycles. The average Bonchev–Trinajstić information content (AvgIpc) is 3.37. The summed E-state index contributed by atoms with van der Waals surface area (Å²) in [4.78, 5) is 5.11. The lowest BCUT2D eigenvalue weighted by Gasteiger charge is -2.45. The highest BCUT2D eigenvalue weighted by atomic mass is 15.2. The van der Waals surface area contributed by atoms with Crippen LogP contribution in [0, 0.1) is 0 Å². The summed E-state index contributed by atoms with van der Waals surface area (Å²) in [6.45, 7) is -0.0697. The van der Waals surface area contributed by atoms with Gasteiger partial charge in [-0.2, -0.15) is 0 Å². The predicted molar refractivity (Wildman–Crippen MR) is 268 cm³/mol. The number of hydrogen-bond acceptors (Lipinski definition) is 2. The lowest BCUT2D eigenvalue weighted by atomic mass is 9.32. The largest absolute Gasteiger partial charge is 0.311 e. The number of nitrogens with zero attached hydrogens (tertiary/aromatic N) is 2. The second-order valence-electron chi connectivity index (χ2n) is 16.4. The van der Waals surface area contributed by atoms with Crippen molar-refractivity contribution in [3.63, 3.8) is 0 Å². The maximum absolute atomic E-state index is 2.56. The van der Waals surface area contributed by atoms with Crippen molar-refractivity contribution in [2.75, 3.05) is 9.80 Å². The Balaban J connectivity index is 1.22. The van der Waals surface area contributed by atoms with Crippen molar-refractivity contribution in [3.05, 3.63) is 249 Å². The molecule has 2 nitrogen and oxygen atoms in total. The van der Waals surface area contributed by atoms with Crippen LogP contribution in [0.4, 0.5) is 34.1 Å². The van der Waals surface area contributed by atoms with Gasteiger partial charge in [0.1, 0.15) is 0 Å². The maximum Gasteiger partial charge on any atom is 0.252 e. The molecule has 0 saturated carbocycles. The van der Waals surface area contributed by atoms with Crippen LogP contribution in [0.3, 0.4) is 0 Å². The monoisotopic (exact) mass is 800 g/mol. The third-order valence-electron chi connectivity index (χ3n) is 12.8. The van der Waals surface area contributed by atoms with Crippen LogP contribution in [0.1, 0.15) is 0 Å². The van der Waals surface area contributed by atoms with Gasteiger partial charge in [-0.1, -0.05) is 206 Å². The molecular weight excluding hydrogens is 759 g/mol. The Labute approximate surface area is 369 Å². The zero-order valence-electron chi connectivity index (χ0n) is 34.6. The summed E-state index contributed by atoms with van der Waals surface area (Å²) in [7, 11) is 0. The lowest BCUT2D eigenvalue weighted by Crippen LogP contribution is -2.62. The molecule has 2 heterocycles. The molecule has 0 saturated heterocycles. The van der Waals surface area contributed by atoms with Gasteiger partial charge in [0.25, 0.3) is 6.71 Å². The van der Waals surface area contributed by atoms with Crippen LogP contribution >= 0.6 is 0 Å². The van der Waals surface area contributed by atoms with Gasteiger partial charge in [0, 0.05) is 34.0 Å². The number of rotatable bonds is 7. The highest BCUT2D eigenvalue weighted by molar-refractivity contribution is 7.01. The molecule has 10 aromatic rings. The molecule has 0 amide bonds. The fourth-order valence-electron chi connectivity index (χ4n) is 10.0. The molecule has 0 atom stereocenters. The molecule has 294 valence electrons. The van der Waals surface area contributed by atoms with Crippen LogP contribution in [0.15, 0.2) is 249 Å². The van der Waals surface area contributed by atoms with Crippen molar-refractivity contribution in [1.82, 2.24) is 0 Å². The van der Waals surface area contributed by atoms with Crippen molar-refractivity contribution < 1.29 is 0 Å². The summed E-state index contributed by atoms with van der Waals surface area (Å²) in [6.07, 6.45) is 0. The fourth-order valence-corrected chi connectivity index (χ4v) is 10.0. The van der Waals surface area contributed by atoms with E-state index in [1.807, 2.05) is 0 Å². The summed E-state index contributed by atoms with van der Waals surface area (Å²) in [5.41, 5.74) is 22.8. The predicted octanol–water partition coefficient (Wildman–Crippen LogP) is 14.1. The van der Waals surface area contributed by atoms with Gasteiger partial charge < -0.3 is 9.80 Å². The minimum Gasteiger partial charge on any atom is -0.311 e. The Bertz CT molecular complexity index is 3280. The molecule has 0 N–H and O–H groups in total. The SMILES string of the molecule is c1ccc(-c2cccc(N3c4cc(-c5ccccc5)ccc4B4c5c(-c6ccccc6)cccc5N(c5ccccc5-c5ccccc5)c5cc(-c6ccccc6)cc3c54)c2)cc1. The second kappa shape index (κ2) is 15.4. The minimum absolute atomic E-state index is 0.0697. The summed E-state index contributed by atoms with van der Waals surface area (Å²) in [5, 5.41) is 0. The van der Waals surface area contributed by atoms with E-state index in [-0.39, 0.29) is 6.71 Å². The third-order valence-corrected chi connectivity index (χ3v) is 12.8. The van der Waals surface area contributed by atoms with E-state index in [1.165, 1.54) is 94.8 Å². The van der Waals surface area contributed by atoms with Gasteiger partial charge in [-0.25, -0.2) is 0 Å². The van der Waals surface area contributed by atoms with Crippen molar-refractivity contribution >= 4 is 57.2 Å². The Hall–Kier alpha value is -8.14. The molecule has 10 aromatic carbocycles. The van der Waals surface area contributed by atoms with Crippen LogP contribution in [-0.2, 0) is 0 Å². The topological polar surface area (TPSA) is 6.48 Å². The van der Waals surface area contributed by atoms with E-state index in [9.17, 15) is 0 Å². The fraction of sp³-hybridized carbons (Fsp3) is 0. The molecule has 0 spiro atoms. The van der Waals surface area contributed by atoms with Gasteiger partial charge >= 0.3 is 0 Å². The first-order valence-electron chi connectivity index (χ1n) is 21.8. The standard InChI is InChI=1S/C60H41BN2/c1-6-20-42(21-7-1)47-30-18-31-50(38-47)62-56-39-48(43-22-8-2-9-23-43)36-37-53(56)61-59-52(46-28-14-5-15-29-46)33-19-35-55(59)63(54-34-17-16-32-51(54)45-26-12-4-13-27-45)58-41-49(40-57(62)60(58)61)44-24-10-3-11-25-44/h1-41H. The molecule has 0 unspecified atom stereocenters. The van der Waals surface area contributed by atoms with Gasteiger partial charge in [0.2, 0.25) is 0 Å². The van der Waals surface area contributed by atoms with Crippen molar-refractivity contribution in [3.8, 4) is 55.6 Å². The summed E-state index contributed by atoms with van der Waals surface area (Å²) < 4.78 is 0. The maximum atomic E-state index is 2.56. The zero-order chi connectivity index (χ0) is 41.7. The zero-order valence-corrected chi connectivity index (χ0v) is 34.6. The minimum atomic E-state index is -0.0697. The highest BCUT2D eigenvalue weighted by Gasteiger charge is 2.45. The van der Waals surface area contributed by atoms with E-state index in [0.29, 0.717) is 0 Å². The van der Waals surface area contributed by atoms with E-state index >= 15 is 0 Å². The number of anilines is 6. The number of para-hydroxylation sites is 1. The first kappa shape index (κ1) is 36.7. The first-order valence-corrected chi connectivity index (χ1v) is 21.8. The van der Waals surface area contributed by atoms with E-state index in [2.05, 4.69) is 259 Å².